The predicted molar refractivity (Wildman–Crippen MR) is 94.4 cm³/mol. The molecule has 0 aliphatic carbocycles. The molecule has 1 N–H and O–H groups in total. The van der Waals surface area contributed by atoms with Crippen molar-refractivity contribution >= 4 is 50.0 Å². The Balaban J connectivity index is 2.60. The van der Waals surface area contributed by atoms with Gasteiger partial charge in [0.1, 0.15) is 6.54 Å². The molecule has 0 atom stereocenters. The second-order valence-electron chi connectivity index (χ2n) is 4.61. The fourth-order valence-electron chi connectivity index (χ4n) is 1.96. The number of rotatable bonds is 6. The number of hydrogen-bond acceptors (Lipinski definition) is 5. The van der Waals surface area contributed by atoms with Gasteiger partial charge in [-0.05, 0) is 40.8 Å². The number of carboxylic acids is 1. The molecule has 0 saturated heterocycles. The standard InChI is InChI=1S/C14H11IN2O6S/c15-12-6-1-2-7-13(12)16(9-14(18)19)24(22,23)11-5-3-4-10(8-11)17(20)21/h1-8H,9H2,(H,18,19). The van der Waals surface area contributed by atoms with Gasteiger partial charge in [-0.25, -0.2) is 8.42 Å². The van der Waals surface area contributed by atoms with Crippen LogP contribution in [0.15, 0.2) is 53.4 Å². The number of anilines is 1. The molecule has 0 unspecified atom stereocenters. The molecule has 0 fully saturated rings. The summed E-state index contributed by atoms with van der Waals surface area (Å²) in [5.74, 6) is -1.34. The SMILES string of the molecule is O=C(O)CN(c1ccccc1I)S(=O)(=O)c1cccc([N+](=O)[O-])c1. The van der Waals surface area contributed by atoms with E-state index in [0.717, 1.165) is 16.4 Å². The molecule has 0 radical (unpaired) electrons. The number of non-ortho nitro benzene ring substituents is 1. The van der Waals surface area contributed by atoms with E-state index < -0.39 is 33.1 Å². The lowest BCUT2D eigenvalue weighted by Crippen LogP contribution is -2.36. The second kappa shape index (κ2) is 7.13. The van der Waals surface area contributed by atoms with E-state index in [-0.39, 0.29) is 10.6 Å². The van der Waals surface area contributed by atoms with E-state index in [4.69, 9.17) is 5.11 Å². The van der Waals surface area contributed by atoms with Gasteiger partial charge >= 0.3 is 5.97 Å². The van der Waals surface area contributed by atoms with Crippen molar-refractivity contribution < 1.29 is 23.2 Å². The van der Waals surface area contributed by atoms with Crippen molar-refractivity contribution in [2.24, 2.45) is 0 Å². The molecule has 0 aromatic heterocycles. The highest BCUT2D eigenvalue weighted by Gasteiger charge is 2.29. The highest BCUT2D eigenvalue weighted by Crippen LogP contribution is 2.29. The number of hydrogen-bond donors (Lipinski definition) is 1. The molecule has 10 heteroatoms. The van der Waals surface area contributed by atoms with Gasteiger partial charge in [0.2, 0.25) is 0 Å². The summed E-state index contributed by atoms with van der Waals surface area (Å²) in [5.41, 5.74) is -0.207. The quantitative estimate of drug-likeness (QED) is 0.401. The first kappa shape index (κ1) is 18.1. The van der Waals surface area contributed by atoms with Crippen LogP contribution in [0.3, 0.4) is 0 Å². The van der Waals surface area contributed by atoms with Crippen molar-refractivity contribution in [3.63, 3.8) is 0 Å². The Morgan fingerprint density at radius 3 is 2.46 bits per heavy atom. The molecule has 0 aliphatic heterocycles. The van der Waals surface area contributed by atoms with E-state index in [9.17, 15) is 23.3 Å². The Hall–Kier alpha value is -2.21. The average Bonchev–Trinajstić information content (AvgIpc) is 2.53. The largest absolute Gasteiger partial charge is 0.480 e. The smallest absolute Gasteiger partial charge is 0.324 e. The van der Waals surface area contributed by atoms with Gasteiger partial charge in [-0.1, -0.05) is 18.2 Å². The van der Waals surface area contributed by atoms with Crippen LogP contribution in [0.1, 0.15) is 0 Å². The van der Waals surface area contributed by atoms with Crippen LogP contribution in [-0.4, -0.2) is 31.0 Å². The number of halogens is 1. The van der Waals surface area contributed by atoms with E-state index in [1.807, 2.05) is 22.6 Å². The molecule has 0 spiro atoms. The molecular weight excluding hydrogens is 451 g/mol. The Morgan fingerprint density at radius 1 is 1.21 bits per heavy atom. The summed E-state index contributed by atoms with van der Waals surface area (Å²) < 4.78 is 26.9. The normalized spacial score (nSPS) is 11.0. The van der Waals surface area contributed by atoms with Crippen molar-refractivity contribution in [1.82, 2.24) is 0 Å². The van der Waals surface area contributed by atoms with Crippen LogP contribution in [0, 0.1) is 13.7 Å². The van der Waals surface area contributed by atoms with E-state index >= 15 is 0 Å². The second-order valence-corrected chi connectivity index (χ2v) is 7.64. The lowest BCUT2D eigenvalue weighted by Gasteiger charge is -2.23. The highest BCUT2D eigenvalue weighted by molar-refractivity contribution is 14.1. The maximum absolute atomic E-state index is 12.8. The van der Waals surface area contributed by atoms with Crippen LogP contribution < -0.4 is 4.31 Å². The van der Waals surface area contributed by atoms with Crippen molar-refractivity contribution in [3.05, 3.63) is 62.2 Å². The van der Waals surface area contributed by atoms with E-state index in [1.165, 1.54) is 18.2 Å². The summed E-state index contributed by atoms with van der Waals surface area (Å²) in [6.07, 6.45) is 0. The van der Waals surface area contributed by atoms with Gasteiger partial charge < -0.3 is 5.11 Å². The van der Waals surface area contributed by atoms with E-state index in [0.29, 0.717) is 3.57 Å². The van der Waals surface area contributed by atoms with Crippen LogP contribution in [0.5, 0.6) is 0 Å². The minimum absolute atomic E-state index is 0.187. The molecule has 0 amide bonds. The lowest BCUT2D eigenvalue weighted by atomic mass is 10.3. The number of aliphatic carboxylic acids is 1. The Morgan fingerprint density at radius 2 is 1.88 bits per heavy atom. The number of carboxylic acid groups (broad SMARTS) is 1. The average molecular weight is 462 g/mol. The zero-order valence-electron chi connectivity index (χ0n) is 12.0. The van der Waals surface area contributed by atoms with Crippen molar-refractivity contribution in [2.45, 2.75) is 4.90 Å². The van der Waals surface area contributed by atoms with Gasteiger partial charge in [-0.2, -0.15) is 0 Å². The van der Waals surface area contributed by atoms with E-state index in [2.05, 4.69) is 0 Å². The zero-order valence-corrected chi connectivity index (χ0v) is 15.0. The Labute approximate surface area is 151 Å². The molecule has 2 aromatic carbocycles. The predicted octanol–water partition coefficient (Wildman–Crippen LogP) is 2.48. The highest BCUT2D eigenvalue weighted by atomic mass is 127. The van der Waals surface area contributed by atoms with Gasteiger partial charge in [0.15, 0.2) is 0 Å². The van der Waals surface area contributed by atoms with Gasteiger partial charge in [0.25, 0.3) is 15.7 Å². The molecule has 24 heavy (non-hydrogen) atoms. The molecular formula is C14H11IN2O6S. The number of carbonyl (C=O) groups is 1. The molecule has 0 saturated carbocycles. The molecule has 8 nitrogen and oxygen atoms in total. The van der Waals surface area contributed by atoms with Crippen LogP contribution in [0.4, 0.5) is 11.4 Å². The third kappa shape index (κ3) is 3.82. The summed E-state index contributed by atoms with van der Waals surface area (Å²) in [4.78, 5) is 20.9. The minimum atomic E-state index is -4.28. The summed E-state index contributed by atoms with van der Waals surface area (Å²) in [5, 5.41) is 19.9. The number of benzene rings is 2. The molecule has 2 aromatic rings. The topological polar surface area (TPSA) is 118 Å². The molecule has 0 bridgehead atoms. The monoisotopic (exact) mass is 462 g/mol. The van der Waals surface area contributed by atoms with Crippen LogP contribution in [0.25, 0.3) is 0 Å². The summed E-state index contributed by atoms with van der Waals surface area (Å²) >= 11 is 1.89. The van der Waals surface area contributed by atoms with Crippen LogP contribution >= 0.6 is 22.6 Å². The minimum Gasteiger partial charge on any atom is -0.480 e. The maximum atomic E-state index is 12.8. The molecule has 126 valence electrons. The number of sulfonamides is 1. The maximum Gasteiger partial charge on any atom is 0.324 e. The Kier molecular flexibility index (Phi) is 5.39. The zero-order chi connectivity index (χ0) is 17.9. The van der Waals surface area contributed by atoms with Gasteiger partial charge in [-0.3, -0.25) is 19.2 Å². The summed E-state index contributed by atoms with van der Waals surface area (Å²) in [6.45, 7) is -0.801. The number of nitro benzene ring substituents is 1. The molecule has 2 rings (SSSR count). The Bertz CT molecular complexity index is 900. The summed E-state index contributed by atoms with van der Waals surface area (Å²) in [6, 6.07) is 10.9. The van der Waals surface area contributed by atoms with Gasteiger partial charge in [0.05, 0.1) is 15.5 Å². The first-order valence-electron chi connectivity index (χ1n) is 6.47. The fraction of sp³-hybridized carbons (Fsp3) is 0.0714. The summed E-state index contributed by atoms with van der Waals surface area (Å²) in [7, 11) is -4.28. The van der Waals surface area contributed by atoms with Crippen molar-refractivity contribution in [2.75, 3.05) is 10.8 Å². The van der Waals surface area contributed by atoms with Gasteiger partial charge in [-0.15, -0.1) is 0 Å². The number of nitrogens with zero attached hydrogens (tertiary/aromatic N) is 2. The molecule has 0 heterocycles. The van der Waals surface area contributed by atoms with Crippen molar-refractivity contribution in [3.8, 4) is 0 Å². The third-order valence-corrected chi connectivity index (χ3v) is 5.68. The van der Waals surface area contributed by atoms with Crippen LogP contribution in [0.2, 0.25) is 0 Å². The lowest BCUT2D eigenvalue weighted by molar-refractivity contribution is -0.385. The molecule has 0 aliphatic rings. The number of para-hydroxylation sites is 1. The van der Waals surface area contributed by atoms with Crippen LogP contribution in [-0.2, 0) is 14.8 Å². The van der Waals surface area contributed by atoms with E-state index in [1.54, 1.807) is 18.2 Å². The fourth-order valence-corrected chi connectivity index (χ4v) is 4.28. The van der Waals surface area contributed by atoms with Gasteiger partial charge in [0, 0.05) is 15.7 Å². The van der Waals surface area contributed by atoms with Crippen molar-refractivity contribution in [1.29, 1.82) is 0 Å². The number of nitro groups is 1. The first-order valence-corrected chi connectivity index (χ1v) is 8.99. The third-order valence-electron chi connectivity index (χ3n) is 3.02. The first-order chi connectivity index (χ1) is 11.2.